The molecule has 0 aliphatic heterocycles. The molecule has 1 aromatic heterocycles. The Bertz CT molecular complexity index is 2930. The molecule has 1 heterocycles. The average molecular weight is 706 g/mol. The number of nitrogens with zero attached hydrogens (tertiary/aromatic N) is 1. The highest BCUT2D eigenvalue weighted by atomic mass is 32.1. The van der Waals surface area contributed by atoms with Gasteiger partial charge in [0.1, 0.15) is 0 Å². The van der Waals surface area contributed by atoms with Gasteiger partial charge in [0.2, 0.25) is 0 Å². The van der Waals surface area contributed by atoms with Gasteiger partial charge in [-0.3, -0.25) is 0 Å². The van der Waals surface area contributed by atoms with Gasteiger partial charge in [0.15, 0.2) is 0 Å². The summed E-state index contributed by atoms with van der Waals surface area (Å²) in [5.74, 6) is 0. The molecule has 0 aliphatic carbocycles. The minimum Gasteiger partial charge on any atom is -0.310 e. The summed E-state index contributed by atoms with van der Waals surface area (Å²) < 4.78 is 2.64. The summed E-state index contributed by atoms with van der Waals surface area (Å²) in [4.78, 5) is 2.41. The van der Waals surface area contributed by atoms with Crippen molar-refractivity contribution in [3.63, 3.8) is 0 Å². The lowest BCUT2D eigenvalue weighted by atomic mass is 9.94. The maximum Gasteiger partial charge on any atom is 0.0540 e. The number of rotatable bonds is 7. The second kappa shape index (κ2) is 13.7. The number of thiophene rings is 1. The summed E-state index contributed by atoms with van der Waals surface area (Å²) in [7, 11) is 0. The normalized spacial score (nSPS) is 11.3. The van der Waals surface area contributed by atoms with E-state index < -0.39 is 0 Å². The van der Waals surface area contributed by atoms with Crippen molar-refractivity contribution < 1.29 is 0 Å². The van der Waals surface area contributed by atoms with E-state index in [0.29, 0.717) is 0 Å². The van der Waals surface area contributed by atoms with Gasteiger partial charge in [-0.05, 0) is 98.2 Å². The predicted molar refractivity (Wildman–Crippen MR) is 233 cm³/mol. The molecule has 0 atom stereocenters. The standard InChI is InChI=1S/C52H35NS/c1-2-13-36(14-3-1)39-17-11-20-44(34-39)53(43-30-27-37(28-31-43)40-29-32-49-48-23-7-9-26-51(48)54-52(49)35-40)50-25-8-6-22-47(50)42-19-10-18-41(33-42)46-24-12-16-38-15-4-5-21-45(38)46/h1-35H. The fourth-order valence-electron chi connectivity index (χ4n) is 7.83. The number of para-hydroxylation sites is 1. The average Bonchev–Trinajstić information content (AvgIpc) is 3.62. The summed E-state index contributed by atoms with van der Waals surface area (Å²) in [6.07, 6.45) is 0. The highest BCUT2D eigenvalue weighted by Gasteiger charge is 2.19. The van der Waals surface area contributed by atoms with Crippen LogP contribution in [0, 0.1) is 0 Å². The van der Waals surface area contributed by atoms with Crippen molar-refractivity contribution in [1.82, 2.24) is 0 Å². The maximum atomic E-state index is 2.41. The fourth-order valence-corrected chi connectivity index (χ4v) is 8.98. The lowest BCUT2D eigenvalue weighted by Crippen LogP contribution is -2.11. The Hall–Kier alpha value is -6.74. The Morgan fingerprint density at radius 1 is 0.296 bits per heavy atom. The van der Waals surface area contributed by atoms with Crippen LogP contribution in [-0.4, -0.2) is 0 Å². The first-order valence-corrected chi connectivity index (χ1v) is 19.2. The van der Waals surface area contributed by atoms with E-state index in [1.165, 1.54) is 75.5 Å². The van der Waals surface area contributed by atoms with Crippen LogP contribution in [0.15, 0.2) is 212 Å². The molecule has 9 aromatic carbocycles. The van der Waals surface area contributed by atoms with Gasteiger partial charge in [0.05, 0.1) is 5.69 Å². The van der Waals surface area contributed by atoms with Crippen LogP contribution >= 0.6 is 11.3 Å². The van der Waals surface area contributed by atoms with Crippen LogP contribution in [0.2, 0.25) is 0 Å². The van der Waals surface area contributed by atoms with E-state index in [2.05, 4.69) is 217 Å². The number of benzene rings is 9. The first-order chi connectivity index (χ1) is 26.8. The minimum absolute atomic E-state index is 1.10. The third-order valence-electron chi connectivity index (χ3n) is 10.5. The summed E-state index contributed by atoms with van der Waals surface area (Å²) >= 11 is 1.86. The van der Waals surface area contributed by atoms with Gasteiger partial charge in [-0.1, -0.05) is 164 Å². The van der Waals surface area contributed by atoms with Crippen LogP contribution in [0.1, 0.15) is 0 Å². The molecule has 0 spiro atoms. The van der Waals surface area contributed by atoms with E-state index in [1.807, 2.05) is 11.3 Å². The lowest BCUT2D eigenvalue weighted by molar-refractivity contribution is 1.28. The Morgan fingerprint density at radius 2 is 0.870 bits per heavy atom. The van der Waals surface area contributed by atoms with Crippen molar-refractivity contribution in [2.24, 2.45) is 0 Å². The maximum absolute atomic E-state index is 2.41. The third-order valence-corrected chi connectivity index (χ3v) is 11.6. The largest absolute Gasteiger partial charge is 0.310 e. The number of fused-ring (bicyclic) bond motifs is 4. The molecule has 0 N–H and O–H groups in total. The molecule has 0 aliphatic rings. The number of hydrogen-bond donors (Lipinski definition) is 0. The molecule has 0 radical (unpaired) electrons. The van der Waals surface area contributed by atoms with E-state index >= 15 is 0 Å². The monoisotopic (exact) mass is 705 g/mol. The molecule has 2 heteroatoms. The first-order valence-electron chi connectivity index (χ1n) is 18.4. The molecule has 0 saturated carbocycles. The fraction of sp³-hybridized carbons (Fsp3) is 0. The second-order valence-electron chi connectivity index (χ2n) is 13.7. The van der Waals surface area contributed by atoms with Crippen molar-refractivity contribution in [3.05, 3.63) is 212 Å². The molecular weight excluding hydrogens is 671 g/mol. The van der Waals surface area contributed by atoms with E-state index in [1.54, 1.807) is 0 Å². The van der Waals surface area contributed by atoms with Gasteiger partial charge in [-0.2, -0.15) is 0 Å². The van der Waals surface area contributed by atoms with E-state index in [4.69, 9.17) is 0 Å². The summed E-state index contributed by atoms with van der Waals surface area (Å²) in [6.45, 7) is 0. The zero-order valence-corrected chi connectivity index (χ0v) is 30.4. The zero-order valence-electron chi connectivity index (χ0n) is 29.6. The van der Waals surface area contributed by atoms with Crippen molar-refractivity contribution in [2.75, 3.05) is 4.90 Å². The number of anilines is 3. The molecule has 1 nitrogen and oxygen atoms in total. The van der Waals surface area contributed by atoms with E-state index in [0.717, 1.165) is 17.1 Å². The van der Waals surface area contributed by atoms with Crippen LogP contribution < -0.4 is 4.90 Å². The Kier molecular flexibility index (Phi) is 8.09. The van der Waals surface area contributed by atoms with Gasteiger partial charge in [-0.15, -0.1) is 11.3 Å². The smallest absolute Gasteiger partial charge is 0.0540 e. The molecule has 0 amide bonds. The molecule has 10 rings (SSSR count). The summed E-state index contributed by atoms with van der Waals surface area (Å²) in [5, 5.41) is 5.16. The first kappa shape index (κ1) is 32.0. The molecule has 54 heavy (non-hydrogen) atoms. The molecule has 0 bridgehead atoms. The van der Waals surface area contributed by atoms with E-state index in [-0.39, 0.29) is 0 Å². The SMILES string of the molecule is c1ccc(-c2cccc(N(c3ccc(-c4ccc5c(c4)sc4ccccc45)cc3)c3ccccc3-c3cccc(-c4cccc5ccccc45)c3)c2)cc1. The van der Waals surface area contributed by atoms with Crippen LogP contribution in [0.4, 0.5) is 17.1 Å². The van der Waals surface area contributed by atoms with Crippen LogP contribution in [0.25, 0.3) is 75.5 Å². The quantitative estimate of drug-likeness (QED) is 0.160. The van der Waals surface area contributed by atoms with Crippen molar-refractivity contribution in [1.29, 1.82) is 0 Å². The topological polar surface area (TPSA) is 3.24 Å². The van der Waals surface area contributed by atoms with Crippen LogP contribution in [0.3, 0.4) is 0 Å². The van der Waals surface area contributed by atoms with Crippen molar-refractivity contribution in [3.8, 4) is 44.5 Å². The Balaban J connectivity index is 1.10. The molecule has 10 aromatic rings. The summed E-state index contributed by atoms with van der Waals surface area (Å²) in [6, 6.07) is 77.2. The Labute approximate surface area is 319 Å². The van der Waals surface area contributed by atoms with Crippen molar-refractivity contribution in [2.45, 2.75) is 0 Å². The van der Waals surface area contributed by atoms with Crippen molar-refractivity contribution >= 4 is 59.3 Å². The molecule has 0 unspecified atom stereocenters. The van der Waals surface area contributed by atoms with Gasteiger partial charge >= 0.3 is 0 Å². The third kappa shape index (κ3) is 5.84. The summed E-state index contributed by atoms with van der Waals surface area (Å²) in [5.41, 5.74) is 12.9. The molecular formula is C52H35NS. The number of hydrogen-bond acceptors (Lipinski definition) is 2. The van der Waals surface area contributed by atoms with Gasteiger partial charge in [-0.25, -0.2) is 0 Å². The zero-order chi connectivity index (χ0) is 35.8. The lowest BCUT2D eigenvalue weighted by Gasteiger charge is -2.28. The molecule has 0 fully saturated rings. The molecule has 0 saturated heterocycles. The highest BCUT2D eigenvalue weighted by molar-refractivity contribution is 7.25. The minimum atomic E-state index is 1.10. The predicted octanol–water partition coefficient (Wildman–Crippen LogP) is 15.3. The second-order valence-corrected chi connectivity index (χ2v) is 14.8. The van der Waals surface area contributed by atoms with Gasteiger partial charge in [0.25, 0.3) is 0 Å². The van der Waals surface area contributed by atoms with Crippen LogP contribution in [0.5, 0.6) is 0 Å². The highest BCUT2D eigenvalue weighted by Crippen LogP contribution is 2.44. The van der Waals surface area contributed by atoms with Gasteiger partial charge in [0, 0.05) is 37.1 Å². The Morgan fingerprint density at radius 3 is 1.76 bits per heavy atom. The van der Waals surface area contributed by atoms with Gasteiger partial charge < -0.3 is 4.90 Å². The molecule has 254 valence electrons. The van der Waals surface area contributed by atoms with Crippen LogP contribution in [-0.2, 0) is 0 Å². The van der Waals surface area contributed by atoms with E-state index in [9.17, 15) is 0 Å².